The van der Waals surface area contributed by atoms with Crippen LogP contribution >= 0.6 is 0 Å². The zero-order valence-electron chi connectivity index (χ0n) is 23.9. The third-order valence-electron chi connectivity index (χ3n) is 7.86. The van der Waals surface area contributed by atoms with Gasteiger partial charge in [0.1, 0.15) is 18.1 Å². The molecule has 1 aliphatic rings. The van der Waals surface area contributed by atoms with E-state index in [0.29, 0.717) is 18.5 Å². The maximum atomic E-state index is 13.9. The molecule has 4 unspecified atom stereocenters. The largest absolute Gasteiger partial charge is 0.480 e. The van der Waals surface area contributed by atoms with E-state index in [2.05, 4.69) is 31.2 Å². The first-order valence-electron chi connectivity index (χ1n) is 14.4. The Bertz CT molecular complexity index is 1690. The Morgan fingerprint density at radius 2 is 1.32 bits per heavy atom. The quantitative estimate of drug-likeness (QED) is 0.109. The van der Waals surface area contributed by atoms with E-state index in [9.17, 15) is 29.1 Å². The number of primary amides is 1. The van der Waals surface area contributed by atoms with Crippen LogP contribution in [-0.2, 0) is 36.8 Å². The highest BCUT2D eigenvalue weighted by Gasteiger charge is 2.33. The summed E-state index contributed by atoms with van der Waals surface area (Å²) in [6.07, 6.45) is 4.48. The number of carboxylic acid groups (broad SMARTS) is 1. The highest BCUT2D eigenvalue weighted by atomic mass is 16.4. The summed E-state index contributed by atoms with van der Waals surface area (Å²) >= 11 is 0. The molecular weight excluding hydrogens is 566 g/mol. The van der Waals surface area contributed by atoms with Crippen molar-refractivity contribution in [2.75, 3.05) is 6.54 Å². The van der Waals surface area contributed by atoms with Crippen LogP contribution in [0.3, 0.4) is 0 Å². The molecular formula is C31H35N7O6. The lowest BCUT2D eigenvalue weighted by Crippen LogP contribution is -2.58. The molecule has 4 amide bonds. The van der Waals surface area contributed by atoms with Crippen molar-refractivity contribution >= 4 is 51.4 Å². The van der Waals surface area contributed by atoms with Crippen LogP contribution in [0, 0.1) is 0 Å². The van der Waals surface area contributed by atoms with E-state index in [0.717, 1.165) is 33.8 Å². The number of hydrogen-bond acceptors (Lipinski definition) is 6. The molecule has 1 saturated heterocycles. The zero-order valence-corrected chi connectivity index (χ0v) is 23.9. The predicted octanol–water partition coefficient (Wildman–Crippen LogP) is 0.601. The fourth-order valence-corrected chi connectivity index (χ4v) is 5.59. The van der Waals surface area contributed by atoms with Crippen LogP contribution in [0.25, 0.3) is 21.8 Å². The lowest BCUT2D eigenvalue weighted by molar-refractivity contribution is -0.143. The summed E-state index contributed by atoms with van der Waals surface area (Å²) in [4.78, 5) is 70.2. The molecule has 4 atom stereocenters. The molecule has 5 rings (SSSR count). The fourth-order valence-electron chi connectivity index (χ4n) is 5.59. The molecule has 0 aliphatic carbocycles. The molecule has 0 radical (unpaired) electrons. The number of H-pyrrole nitrogens is 2. The number of amides is 4. The number of aromatic nitrogens is 2. The number of aliphatic carboxylic acids is 1. The van der Waals surface area contributed by atoms with Gasteiger partial charge < -0.3 is 42.1 Å². The SMILES string of the molecule is NC(=O)CC(NC(=O)C(Cc1c[nH]c2ccccc12)NC(=O)C(Cc1c[nH]c2ccccc12)NC(=O)C1CCCN1)C(=O)O. The zero-order chi connectivity index (χ0) is 31.2. The van der Waals surface area contributed by atoms with Gasteiger partial charge in [-0.25, -0.2) is 4.79 Å². The van der Waals surface area contributed by atoms with Gasteiger partial charge in [-0.05, 0) is 42.6 Å². The van der Waals surface area contributed by atoms with Gasteiger partial charge in [0.15, 0.2) is 0 Å². The van der Waals surface area contributed by atoms with Crippen LogP contribution in [0.4, 0.5) is 0 Å². The third kappa shape index (κ3) is 7.06. The van der Waals surface area contributed by atoms with E-state index < -0.39 is 54.3 Å². The minimum atomic E-state index is -1.59. The second-order valence-electron chi connectivity index (χ2n) is 11.0. The molecule has 13 heteroatoms. The van der Waals surface area contributed by atoms with Crippen molar-refractivity contribution in [2.24, 2.45) is 5.73 Å². The number of carboxylic acids is 1. The Hall–Kier alpha value is -5.17. The maximum absolute atomic E-state index is 13.9. The minimum absolute atomic E-state index is 0.00241. The molecule has 2 aromatic carbocycles. The molecule has 1 fully saturated rings. The number of benzene rings is 2. The first-order chi connectivity index (χ1) is 21.2. The average molecular weight is 602 g/mol. The highest BCUT2D eigenvalue weighted by molar-refractivity contribution is 5.96. The van der Waals surface area contributed by atoms with Crippen LogP contribution in [0.1, 0.15) is 30.4 Å². The number of rotatable bonds is 13. The Morgan fingerprint density at radius 1 is 0.795 bits per heavy atom. The number of nitrogens with one attached hydrogen (secondary N) is 6. The number of carbonyl (C=O) groups is 5. The summed E-state index contributed by atoms with van der Waals surface area (Å²) in [6.45, 7) is 0.695. The lowest BCUT2D eigenvalue weighted by atomic mass is 10.0. The monoisotopic (exact) mass is 601 g/mol. The van der Waals surface area contributed by atoms with Gasteiger partial charge in [0.05, 0.1) is 12.5 Å². The van der Waals surface area contributed by atoms with Gasteiger partial charge in [-0.2, -0.15) is 0 Å². The molecule has 230 valence electrons. The van der Waals surface area contributed by atoms with Gasteiger partial charge >= 0.3 is 5.97 Å². The fraction of sp³-hybridized carbons (Fsp3) is 0.323. The molecule has 44 heavy (non-hydrogen) atoms. The van der Waals surface area contributed by atoms with Crippen molar-refractivity contribution in [2.45, 2.75) is 56.3 Å². The van der Waals surface area contributed by atoms with Gasteiger partial charge in [0.25, 0.3) is 0 Å². The van der Waals surface area contributed by atoms with Crippen LogP contribution in [0.2, 0.25) is 0 Å². The van der Waals surface area contributed by atoms with Crippen LogP contribution in [0.15, 0.2) is 60.9 Å². The van der Waals surface area contributed by atoms with Crippen LogP contribution < -0.4 is 27.0 Å². The van der Waals surface area contributed by atoms with E-state index in [4.69, 9.17) is 5.73 Å². The molecule has 1 aliphatic heterocycles. The first kappa shape index (κ1) is 30.3. The number of nitrogens with two attached hydrogens (primary N) is 1. The van der Waals surface area contributed by atoms with Crippen molar-refractivity contribution in [3.05, 3.63) is 72.1 Å². The molecule has 4 aromatic rings. The van der Waals surface area contributed by atoms with Crippen molar-refractivity contribution in [3.8, 4) is 0 Å². The van der Waals surface area contributed by atoms with E-state index in [1.807, 2.05) is 48.5 Å². The number of aromatic amines is 2. The van der Waals surface area contributed by atoms with Crippen molar-refractivity contribution in [1.29, 1.82) is 0 Å². The van der Waals surface area contributed by atoms with Gasteiger partial charge in [0, 0.05) is 47.0 Å². The maximum Gasteiger partial charge on any atom is 0.326 e. The van der Waals surface area contributed by atoms with Gasteiger partial charge in [-0.15, -0.1) is 0 Å². The second-order valence-corrected chi connectivity index (χ2v) is 11.0. The summed E-state index contributed by atoms with van der Waals surface area (Å²) in [6, 6.07) is 10.7. The van der Waals surface area contributed by atoms with Crippen LogP contribution in [0.5, 0.6) is 0 Å². The topological polar surface area (TPSA) is 211 Å². The van der Waals surface area contributed by atoms with Gasteiger partial charge in [-0.1, -0.05) is 36.4 Å². The molecule has 0 spiro atoms. The molecule has 0 bridgehead atoms. The Balaban J connectivity index is 1.43. The van der Waals surface area contributed by atoms with E-state index >= 15 is 0 Å². The molecule has 13 nitrogen and oxygen atoms in total. The number of fused-ring (bicyclic) bond motifs is 2. The molecule has 2 aromatic heterocycles. The third-order valence-corrected chi connectivity index (χ3v) is 7.86. The van der Waals surface area contributed by atoms with E-state index in [1.54, 1.807) is 12.4 Å². The molecule has 0 saturated carbocycles. The highest BCUT2D eigenvalue weighted by Crippen LogP contribution is 2.21. The molecule has 3 heterocycles. The summed E-state index contributed by atoms with van der Waals surface area (Å²) in [5.41, 5.74) is 8.39. The van der Waals surface area contributed by atoms with Crippen molar-refractivity contribution in [3.63, 3.8) is 0 Å². The average Bonchev–Trinajstić information content (AvgIpc) is 3.77. The predicted molar refractivity (Wildman–Crippen MR) is 162 cm³/mol. The smallest absolute Gasteiger partial charge is 0.326 e. The number of para-hydroxylation sites is 2. The summed E-state index contributed by atoms with van der Waals surface area (Å²) in [7, 11) is 0. The minimum Gasteiger partial charge on any atom is -0.480 e. The van der Waals surface area contributed by atoms with E-state index in [1.165, 1.54) is 0 Å². The van der Waals surface area contributed by atoms with Gasteiger partial charge in [0.2, 0.25) is 23.6 Å². The van der Waals surface area contributed by atoms with Crippen molar-refractivity contribution < 1.29 is 29.1 Å². The Kier molecular flexibility index (Phi) is 9.24. The normalized spacial score (nSPS) is 16.7. The lowest BCUT2D eigenvalue weighted by Gasteiger charge is -2.25. The van der Waals surface area contributed by atoms with Crippen LogP contribution in [-0.4, -0.2) is 75.4 Å². The first-order valence-corrected chi connectivity index (χ1v) is 14.4. The summed E-state index contributed by atoms with van der Waals surface area (Å²) in [5, 5.41) is 22.4. The molecule has 9 N–H and O–H groups in total. The standard InChI is InChI=1S/C31H35N7O6/c32-27(39)14-26(31(43)44)38-30(42)25(13-18-16-35-22-9-4-2-7-20(18)22)37-29(41)24(36-28(40)23-10-5-11-33-23)12-17-15-34-21-8-3-1-6-19(17)21/h1-4,6-9,15-16,23-26,33-35H,5,10-14H2,(H2,32,39)(H,36,40)(H,37,41)(H,38,42)(H,43,44). The Morgan fingerprint density at radius 3 is 1.82 bits per heavy atom. The number of carbonyl (C=O) groups excluding carboxylic acids is 4. The second kappa shape index (κ2) is 13.4. The van der Waals surface area contributed by atoms with E-state index in [-0.39, 0.29) is 18.7 Å². The Labute approximate surface area is 252 Å². The summed E-state index contributed by atoms with van der Waals surface area (Å²) < 4.78 is 0. The summed E-state index contributed by atoms with van der Waals surface area (Å²) in [5.74, 6) is -4.11. The van der Waals surface area contributed by atoms with Gasteiger partial charge in [-0.3, -0.25) is 19.2 Å². The van der Waals surface area contributed by atoms with Crippen molar-refractivity contribution in [1.82, 2.24) is 31.2 Å². The number of hydrogen-bond donors (Lipinski definition) is 8.